The van der Waals surface area contributed by atoms with Crippen LogP contribution in [-0.4, -0.2) is 17.9 Å². The molecule has 0 N–H and O–H groups in total. The highest BCUT2D eigenvalue weighted by molar-refractivity contribution is 6.83. The second-order valence-electron chi connectivity index (χ2n) is 4.29. The van der Waals surface area contributed by atoms with Gasteiger partial charge in [-0.15, -0.1) is 5.54 Å². The van der Waals surface area contributed by atoms with E-state index in [0.717, 1.165) is 11.4 Å². The van der Waals surface area contributed by atoms with Gasteiger partial charge < -0.3 is 0 Å². The zero-order valence-corrected chi connectivity index (χ0v) is 9.97. The van der Waals surface area contributed by atoms with Crippen molar-refractivity contribution in [2.45, 2.75) is 26.6 Å². The Morgan fingerprint density at radius 2 is 2.00 bits per heavy atom. The number of hydrogen-bond donors (Lipinski definition) is 0. The molecule has 0 bridgehead atoms. The molecule has 1 heterocycles. The molecule has 0 aliphatic heterocycles. The number of hydrogen-bond acceptors (Lipinski definition) is 1. The van der Waals surface area contributed by atoms with Crippen molar-refractivity contribution in [3.05, 3.63) is 17.5 Å². The van der Waals surface area contributed by atoms with Crippen molar-refractivity contribution in [3.63, 3.8) is 0 Å². The zero-order chi connectivity index (χ0) is 10.1. The van der Waals surface area contributed by atoms with E-state index in [1.807, 2.05) is 24.7 Å². The Balaban J connectivity index is 2.96. The summed E-state index contributed by atoms with van der Waals surface area (Å²) in [6.45, 7) is 8.70. The van der Waals surface area contributed by atoms with Crippen LogP contribution in [0.5, 0.6) is 0 Å². The molecule has 0 unspecified atom stereocenters. The summed E-state index contributed by atoms with van der Waals surface area (Å²) >= 11 is 0. The summed E-state index contributed by atoms with van der Waals surface area (Å²) < 4.78 is 1.84. The molecule has 0 spiro atoms. The Hall–Kier alpha value is -1.01. The number of nitrogens with zero attached hydrogens (tertiary/aromatic N) is 2. The van der Waals surface area contributed by atoms with Gasteiger partial charge in [0.1, 0.15) is 13.8 Å². The molecule has 0 aliphatic carbocycles. The monoisotopic (exact) mass is 192 g/mol. The molecule has 0 atom stereocenters. The van der Waals surface area contributed by atoms with Crippen molar-refractivity contribution in [3.8, 4) is 11.5 Å². The first-order valence-electron chi connectivity index (χ1n) is 4.42. The average Bonchev–Trinajstić information content (AvgIpc) is 2.24. The fourth-order valence-corrected chi connectivity index (χ4v) is 1.48. The topological polar surface area (TPSA) is 17.8 Å². The van der Waals surface area contributed by atoms with E-state index in [2.05, 4.69) is 36.2 Å². The summed E-state index contributed by atoms with van der Waals surface area (Å²) in [6, 6.07) is 2.02. The third kappa shape index (κ3) is 3.08. The second-order valence-corrected chi connectivity index (χ2v) is 9.04. The minimum absolute atomic E-state index is 1.01. The minimum atomic E-state index is -1.26. The highest BCUT2D eigenvalue weighted by Gasteiger charge is 2.08. The zero-order valence-electron chi connectivity index (χ0n) is 8.97. The first-order valence-corrected chi connectivity index (χ1v) is 7.92. The fraction of sp³-hybridized carbons (Fsp3) is 0.500. The smallest absolute Gasteiger partial charge is 0.129 e. The summed E-state index contributed by atoms with van der Waals surface area (Å²) in [7, 11) is 0.676. The van der Waals surface area contributed by atoms with E-state index < -0.39 is 8.07 Å². The van der Waals surface area contributed by atoms with Gasteiger partial charge in [0.05, 0.1) is 5.69 Å². The van der Waals surface area contributed by atoms with E-state index in [9.17, 15) is 0 Å². The van der Waals surface area contributed by atoms with Crippen LogP contribution < -0.4 is 0 Å². The van der Waals surface area contributed by atoms with Gasteiger partial charge in [0, 0.05) is 7.05 Å². The molecule has 0 fully saturated rings. The number of aryl methyl sites for hydroxylation is 2. The Kier molecular flexibility index (Phi) is 2.62. The van der Waals surface area contributed by atoms with Gasteiger partial charge in [0.15, 0.2) is 0 Å². The molecular weight excluding hydrogens is 176 g/mol. The van der Waals surface area contributed by atoms with E-state index >= 15 is 0 Å². The van der Waals surface area contributed by atoms with Gasteiger partial charge in [-0.3, -0.25) is 4.68 Å². The highest BCUT2D eigenvalue weighted by Crippen LogP contribution is 2.01. The SMILES string of the molecule is Cc1cc(C#C[Si](C)(C)C)n(C)n1. The van der Waals surface area contributed by atoms with Crippen LogP contribution in [0.2, 0.25) is 19.6 Å². The van der Waals surface area contributed by atoms with Crippen LogP contribution in [0.4, 0.5) is 0 Å². The fourth-order valence-electron chi connectivity index (χ4n) is 0.979. The molecule has 0 saturated heterocycles. The Bertz CT molecular complexity index is 361. The number of aromatic nitrogens is 2. The standard InChI is InChI=1S/C10H16N2Si/c1-9-8-10(12(2)11-9)6-7-13(3,4)5/h8H,1-5H3. The van der Waals surface area contributed by atoms with Crippen LogP contribution in [-0.2, 0) is 7.05 Å². The summed E-state index contributed by atoms with van der Waals surface area (Å²) in [4.78, 5) is 0. The van der Waals surface area contributed by atoms with E-state index in [4.69, 9.17) is 0 Å². The van der Waals surface area contributed by atoms with E-state index in [1.165, 1.54) is 0 Å². The van der Waals surface area contributed by atoms with E-state index in [1.54, 1.807) is 0 Å². The molecule has 2 nitrogen and oxygen atoms in total. The molecule has 13 heavy (non-hydrogen) atoms. The minimum Gasteiger partial charge on any atom is -0.260 e. The summed E-state index contributed by atoms with van der Waals surface area (Å²) in [5.74, 6) is 3.19. The second kappa shape index (κ2) is 3.39. The predicted molar refractivity (Wildman–Crippen MR) is 58.2 cm³/mol. The lowest BCUT2D eigenvalue weighted by Gasteiger charge is -2.03. The van der Waals surface area contributed by atoms with Gasteiger partial charge >= 0.3 is 0 Å². The quantitative estimate of drug-likeness (QED) is 0.454. The van der Waals surface area contributed by atoms with Crippen LogP contribution in [0.25, 0.3) is 0 Å². The lowest BCUT2D eigenvalue weighted by molar-refractivity contribution is 0.747. The maximum absolute atomic E-state index is 4.24. The first-order chi connectivity index (χ1) is 5.88. The largest absolute Gasteiger partial charge is 0.260 e. The molecule has 1 rings (SSSR count). The van der Waals surface area contributed by atoms with Crippen molar-refractivity contribution < 1.29 is 0 Å². The Labute approximate surface area is 81.0 Å². The molecule has 0 aliphatic rings. The van der Waals surface area contributed by atoms with Crippen molar-refractivity contribution in [2.75, 3.05) is 0 Å². The molecule has 1 aromatic rings. The molecule has 0 amide bonds. The molecular formula is C10H16N2Si. The van der Waals surface area contributed by atoms with Gasteiger partial charge in [-0.1, -0.05) is 25.6 Å². The van der Waals surface area contributed by atoms with Crippen molar-refractivity contribution >= 4 is 8.07 Å². The molecule has 3 heteroatoms. The normalized spacial score (nSPS) is 10.8. The van der Waals surface area contributed by atoms with E-state index in [0.29, 0.717) is 0 Å². The van der Waals surface area contributed by atoms with Gasteiger partial charge in [-0.2, -0.15) is 5.10 Å². The molecule has 70 valence electrons. The summed E-state index contributed by atoms with van der Waals surface area (Å²) in [5, 5.41) is 4.24. The van der Waals surface area contributed by atoms with Crippen LogP contribution in [0.1, 0.15) is 11.4 Å². The molecule has 1 aromatic heterocycles. The van der Waals surface area contributed by atoms with Gasteiger partial charge in [0.25, 0.3) is 0 Å². The van der Waals surface area contributed by atoms with Gasteiger partial charge in [0.2, 0.25) is 0 Å². The third-order valence-corrected chi connectivity index (χ3v) is 2.44. The van der Waals surface area contributed by atoms with Crippen molar-refractivity contribution in [1.29, 1.82) is 0 Å². The van der Waals surface area contributed by atoms with Gasteiger partial charge in [-0.25, -0.2) is 0 Å². The Morgan fingerprint density at radius 1 is 1.38 bits per heavy atom. The summed E-state index contributed by atoms with van der Waals surface area (Å²) in [6.07, 6.45) is 0. The van der Waals surface area contributed by atoms with Crippen LogP contribution >= 0.6 is 0 Å². The molecule has 0 saturated carbocycles. The van der Waals surface area contributed by atoms with Crippen molar-refractivity contribution in [1.82, 2.24) is 9.78 Å². The molecule has 0 aromatic carbocycles. The maximum atomic E-state index is 4.24. The van der Waals surface area contributed by atoms with Gasteiger partial charge in [-0.05, 0) is 13.0 Å². The van der Waals surface area contributed by atoms with Crippen LogP contribution in [0.3, 0.4) is 0 Å². The molecule has 0 radical (unpaired) electrons. The third-order valence-electron chi connectivity index (χ3n) is 1.57. The average molecular weight is 192 g/mol. The van der Waals surface area contributed by atoms with E-state index in [-0.39, 0.29) is 0 Å². The first kappa shape index (κ1) is 10.1. The number of rotatable bonds is 0. The maximum Gasteiger partial charge on any atom is 0.129 e. The van der Waals surface area contributed by atoms with Crippen LogP contribution in [0.15, 0.2) is 6.07 Å². The summed E-state index contributed by atoms with van der Waals surface area (Å²) in [5.41, 5.74) is 5.36. The predicted octanol–water partition coefficient (Wildman–Crippen LogP) is 1.96. The Morgan fingerprint density at radius 3 is 2.38 bits per heavy atom. The lowest BCUT2D eigenvalue weighted by Crippen LogP contribution is -2.16. The van der Waals surface area contributed by atoms with Crippen molar-refractivity contribution in [2.24, 2.45) is 7.05 Å². The van der Waals surface area contributed by atoms with Crippen LogP contribution in [0, 0.1) is 18.4 Å². The highest BCUT2D eigenvalue weighted by atomic mass is 28.3. The lowest BCUT2D eigenvalue weighted by atomic mass is 10.4.